The van der Waals surface area contributed by atoms with Crippen LogP contribution in [0.1, 0.15) is 19.0 Å². The summed E-state index contributed by atoms with van der Waals surface area (Å²) in [5, 5.41) is 7.20. The number of nitrogens with one attached hydrogen (secondary N) is 1. The first kappa shape index (κ1) is 9.65. The number of aromatic nitrogens is 2. The van der Waals surface area contributed by atoms with Gasteiger partial charge in [-0.3, -0.25) is 4.68 Å². The van der Waals surface area contributed by atoms with Crippen molar-refractivity contribution in [1.29, 1.82) is 0 Å². The van der Waals surface area contributed by atoms with Crippen LogP contribution in [0, 0.1) is 5.92 Å². The topological polar surface area (TPSA) is 29.9 Å². The molecule has 2 unspecified atom stereocenters. The van der Waals surface area contributed by atoms with E-state index in [4.69, 9.17) is 0 Å². The number of halogens is 1. The Morgan fingerprint density at radius 1 is 1.71 bits per heavy atom. The van der Waals surface area contributed by atoms with Crippen molar-refractivity contribution in [3.63, 3.8) is 0 Å². The average Bonchev–Trinajstić information content (AvgIpc) is 2.72. The molecule has 2 heterocycles. The second-order valence-electron chi connectivity index (χ2n) is 4.11. The summed E-state index contributed by atoms with van der Waals surface area (Å²) in [5.41, 5.74) is -0.597. The molecular formula is C10H16FN3. The molecule has 1 fully saturated rings. The predicted molar refractivity (Wildman–Crippen MR) is 52.6 cm³/mol. The predicted octanol–water partition coefficient (Wildman–Crippen LogP) is 1.21. The lowest BCUT2D eigenvalue weighted by molar-refractivity contribution is 0.102. The molecule has 0 spiro atoms. The highest BCUT2D eigenvalue weighted by molar-refractivity contribution is 5.13. The zero-order chi connectivity index (χ0) is 10.2. The van der Waals surface area contributed by atoms with Gasteiger partial charge in [0.1, 0.15) is 0 Å². The van der Waals surface area contributed by atoms with Crippen LogP contribution in [0.2, 0.25) is 0 Å². The number of hydrogen-bond acceptors (Lipinski definition) is 2. The van der Waals surface area contributed by atoms with Gasteiger partial charge in [0.2, 0.25) is 0 Å². The van der Waals surface area contributed by atoms with Crippen molar-refractivity contribution in [3.8, 4) is 0 Å². The van der Waals surface area contributed by atoms with Crippen molar-refractivity contribution in [1.82, 2.24) is 15.1 Å². The van der Waals surface area contributed by atoms with Gasteiger partial charge in [0, 0.05) is 25.7 Å². The van der Waals surface area contributed by atoms with Crippen LogP contribution < -0.4 is 5.32 Å². The van der Waals surface area contributed by atoms with Gasteiger partial charge in [0.05, 0.1) is 5.69 Å². The van der Waals surface area contributed by atoms with E-state index in [-0.39, 0.29) is 5.92 Å². The Morgan fingerprint density at radius 2 is 2.50 bits per heavy atom. The van der Waals surface area contributed by atoms with E-state index in [0.717, 1.165) is 19.5 Å². The van der Waals surface area contributed by atoms with Crippen LogP contribution in [0.25, 0.3) is 0 Å². The molecule has 2 rings (SSSR count). The van der Waals surface area contributed by atoms with Gasteiger partial charge in [-0.15, -0.1) is 0 Å². The molecule has 0 aliphatic carbocycles. The Balaban J connectivity index is 2.26. The van der Waals surface area contributed by atoms with E-state index in [0.29, 0.717) is 5.69 Å². The van der Waals surface area contributed by atoms with E-state index < -0.39 is 5.67 Å². The highest BCUT2D eigenvalue weighted by atomic mass is 19.1. The summed E-state index contributed by atoms with van der Waals surface area (Å²) in [6.45, 7) is 3.34. The molecule has 3 nitrogen and oxygen atoms in total. The fourth-order valence-corrected chi connectivity index (χ4v) is 2.18. The zero-order valence-corrected chi connectivity index (χ0v) is 8.63. The summed E-state index contributed by atoms with van der Waals surface area (Å²) in [7, 11) is 1.79. The quantitative estimate of drug-likeness (QED) is 0.772. The van der Waals surface area contributed by atoms with Crippen LogP contribution in [0.3, 0.4) is 0 Å². The Labute approximate surface area is 83.3 Å². The molecule has 2 atom stereocenters. The molecule has 1 aliphatic heterocycles. The fourth-order valence-electron chi connectivity index (χ4n) is 2.18. The van der Waals surface area contributed by atoms with Crippen molar-refractivity contribution < 1.29 is 4.39 Å². The first-order chi connectivity index (χ1) is 6.62. The van der Waals surface area contributed by atoms with E-state index in [1.807, 2.05) is 0 Å². The fraction of sp³-hybridized carbons (Fsp3) is 0.700. The largest absolute Gasteiger partial charge is 0.316 e. The monoisotopic (exact) mass is 197 g/mol. The van der Waals surface area contributed by atoms with Crippen molar-refractivity contribution in [2.24, 2.45) is 13.0 Å². The lowest BCUT2D eigenvalue weighted by Crippen LogP contribution is -2.31. The van der Waals surface area contributed by atoms with Crippen LogP contribution in [0.15, 0.2) is 12.3 Å². The normalized spacial score (nSPS) is 26.4. The maximum Gasteiger partial charge on any atom is 0.153 e. The van der Waals surface area contributed by atoms with Gasteiger partial charge in [0.25, 0.3) is 0 Å². The third kappa shape index (κ3) is 1.43. The first-order valence-electron chi connectivity index (χ1n) is 5.00. The average molecular weight is 197 g/mol. The van der Waals surface area contributed by atoms with E-state index in [9.17, 15) is 4.39 Å². The van der Waals surface area contributed by atoms with E-state index in [1.54, 1.807) is 30.9 Å². The molecule has 4 heteroatoms. The van der Waals surface area contributed by atoms with Crippen LogP contribution in [0.5, 0.6) is 0 Å². The number of hydrogen-bond donors (Lipinski definition) is 1. The number of aryl methyl sites for hydroxylation is 1. The molecule has 0 bridgehead atoms. The summed E-state index contributed by atoms with van der Waals surface area (Å²) in [4.78, 5) is 0. The summed E-state index contributed by atoms with van der Waals surface area (Å²) in [5.74, 6) is 0.0675. The van der Waals surface area contributed by atoms with Gasteiger partial charge >= 0.3 is 0 Å². The first-order valence-corrected chi connectivity index (χ1v) is 5.00. The minimum atomic E-state index is -1.27. The van der Waals surface area contributed by atoms with Crippen molar-refractivity contribution in [2.75, 3.05) is 13.1 Å². The van der Waals surface area contributed by atoms with Crippen LogP contribution >= 0.6 is 0 Å². The summed E-state index contributed by atoms with van der Waals surface area (Å²) >= 11 is 0. The van der Waals surface area contributed by atoms with Crippen LogP contribution in [-0.2, 0) is 12.7 Å². The molecule has 0 amide bonds. The molecular weight excluding hydrogens is 181 g/mol. The van der Waals surface area contributed by atoms with Gasteiger partial charge in [0.15, 0.2) is 5.67 Å². The molecule has 1 N–H and O–H groups in total. The standard InChI is InChI=1S/C10H16FN3/c1-10(11,8-3-5-12-7-8)9-4-6-13-14(9)2/h4,6,8,12H,3,5,7H2,1-2H3. The highest BCUT2D eigenvalue weighted by Gasteiger charge is 2.39. The zero-order valence-electron chi connectivity index (χ0n) is 8.63. The molecule has 0 saturated carbocycles. The third-order valence-electron chi connectivity index (χ3n) is 3.15. The second kappa shape index (κ2) is 3.35. The van der Waals surface area contributed by atoms with Crippen LogP contribution in [-0.4, -0.2) is 22.9 Å². The SMILES string of the molecule is Cn1nccc1C(C)(F)C1CCNC1. The molecule has 1 aliphatic rings. The summed E-state index contributed by atoms with van der Waals surface area (Å²) < 4.78 is 16.1. The van der Waals surface area contributed by atoms with E-state index in [1.165, 1.54) is 0 Å². The molecule has 1 aromatic rings. The highest BCUT2D eigenvalue weighted by Crippen LogP contribution is 2.36. The maximum atomic E-state index is 14.5. The number of alkyl halides is 1. The third-order valence-corrected chi connectivity index (χ3v) is 3.15. The Kier molecular flexibility index (Phi) is 2.31. The summed E-state index contributed by atoms with van der Waals surface area (Å²) in [6, 6.07) is 1.76. The molecule has 78 valence electrons. The molecule has 14 heavy (non-hydrogen) atoms. The van der Waals surface area contributed by atoms with Gasteiger partial charge in [-0.1, -0.05) is 0 Å². The lowest BCUT2D eigenvalue weighted by atomic mass is 9.87. The van der Waals surface area contributed by atoms with Crippen molar-refractivity contribution in [3.05, 3.63) is 18.0 Å². The van der Waals surface area contributed by atoms with Crippen molar-refractivity contribution in [2.45, 2.75) is 19.0 Å². The second-order valence-corrected chi connectivity index (χ2v) is 4.11. The maximum absolute atomic E-state index is 14.5. The van der Waals surface area contributed by atoms with Gasteiger partial charge in [-0.05, 0) is 26.0 Å². The van der Waals surface area contributed by atoms with E-state index >= 15 is 0 Å². The van der Waals surface area contributed by atoms with Gasteiger partial charge in [-0.25, -0.2) is 4.39 Å². The molecule has 1 aromatic heterocycles. The summed E-state index contributed by atoms with van der Waals surface area (Å²) in [6.07, 6.45) is 2.55. The number of nitrogens with zero attached hydrogens (tertiary/aromatic N) is 2. The lowest BCUT2D eigenvalue weighted by Gasteiger charge is -2.26. The van der Waals surface area contributed by atoms with Gasteiger partial charge in [-0.2, -0.15) is 5.10 Å². The minimum Gasteiger partial charge on any atom is -0.316 e. The molecule has 0 aromatic carbocycles. The Bertz CT molecular complexity index is 313. The minimum absolute atomic E-state index is 0.0675. The van der Waals surface area contributed by atoms with Gasteiger partial charge < -0.3 is 5.32 Å². The Morgan fingerprint density at radius 3 is 3.00 bits per heavy atom. The Hall–Kier alpha value is -0.900. The van der Waals surface area contributed by atoms with Crippen LogP contribution in [0.4, 0.5) is 4.39 Å². The smallest absolute Gasteiger partial charge is 0.153 e. The van der Waals surface area contributed by atoms with Crippen molar-refractivity contribution >= 4 is 0 Å². The molecule has 0 radical (unpaired) electrons. The van der Waals surface area contributed by atoms with E-state index in [2.05, 4.69) is 10.4 Å². The molecule has 1 saturated heterocycles. The number of rotatable bonds is 2.